The number of rotatable bonds is 5. The van der Waals surface area contributed by atoms with Gasteiger partial charge in [0.05, 0.1) is 0 Å². The molecule has 0 bridgehead atoms. The van der Waals surface area contributed by atoms with Gasteiger partial charge in [-0.3, -0.25) is 4.79 Å². The summed E-state index contributed by atoms with van der Waals surface area (Å²) in [6.07, 6.45) is 1.84. The molecule has 1 N–H and O–H groups in total. The molecule has 0 aromatic rings. The fraction of sp³-hybridized carbons (Fsp3) is 0.800. The maximum Gasteiger partial charge on any atom is 0.509 e. The van der Waals surface area contributed by atoms with E-state index in [1.165, 1.54) is 0 Å². The molecule has 0 radical (unpaired) electrons. The molecular formula is C10H14O5S. The van der Waals surface area contributed by atoms with Crippen LogP contribution in [0.4, 0.5) is 4.79 Å². The summed E-state index contributed by atoms with van der Waals surface area (Å²) in [7, 11) is 0. The van der Waals surface area contributed by atoms with Crippen molar-refractivity contribution in [1.82, 2.24) is 0 Å². The molecular weight excluding hydrogens is 232 g/mol. The largest absolute Gasteiger partial charge is 0.509 e. The molecule has 0 aromatic carbocycles. The SMILES string of the molecule is O=C(O)CCCC[C@@H]1SC[C@@H]2OC(=O)O[C@@H]21. The van der Waals surface area contributed by atoms with Gasteiger partial charge in [-0.2, -0.15) is 11.8 Å². The van der Waals surface area contributed by atoms with E-state index >= 15 is 0 Å². The van der Waals surface area contributed by atoms with E-state index in [2.05, 4.69) is 0 Å². The van der Waals surface area contributed by atoms with Gasteiger partial charge in [-0.05, 0) is 12.8 Å². The van der Waals surface area contributed by atoms with E-state index in [0.29, 0.717) is 6.42 Å². The Kier molecular flexibility index (Phi) is 3.58. The van der Waals surface area contributed by atoms with Gasteiger partial charge in [0, 0.05) is 17.4 Å². The van der Waals surface area contributed by atoms with E-state index < -0.39 is 12.1 Å². The Morgan fingerprint density at radius 1 is 1.44 bits per heavy atom. The lowest BCUT2D eigenvalue weighted by atomic mass is 10.1. The van der Waals surface area contributed by atoms with Crippen molar-refractivity contribution in [2.24, 2.45) is 0 Å². The number of unbranched alkanes of at least 4 members (excludes halogenated alkanes) is 1. The average molecular weight is 246 g/mol. The second kappa shape index (κ2) is 4.95. The van der Waals surface area contributed by atoms with Gasteiger partial charge in [0.25, 0.3) is 0 Å². The van der Waals surface area contributed by atoms with Crippen molar-refractivity contribution in [3.63, 3.8) is 0 Å². The second-order valence-corrected chi connectivity index (χ2v) is 5.27. The molecule has 6 heteroatoms. The van der Waals surface area contributed by atoms with E-state index in [-0.39, 0.29) is 23.9 Å². The van der Waals surface area contributed by atoms with Crippen LogP contribution in [0.5, 0.6) is 0 Å². The summed E-state index contributed by atoms with van der Waals surface area (Å²) in [5.41, 5.74) is 0. The molecule has 0 saturated carbocycles. The number of carboxylic acids is 1. The number of hydrogen-bond acceptors (Lipinski definition) is 5. The van der Waals surface area contributed by atoms with E-state index in [0.717, 1.165) is 18.6 Å². The van der Waals surface area contributed by atoms with Crippen molar-refractivity contribution < 1.29 is 24.2 Å². The summed E-state index contributed by atoms with van der Waals surface area (Å²) in [5, 5.41) is 8.76. The van der Waals surface area contributed by atoms with Gasteiger partial charge in [0.1, 0.15) is 0 Å². The molecule has 2 rings (SSSR count). The first-order valence-corrected chi connectivity index (χ1v) is 6.42. The van der Waals surface area contributed by atoms with Crippen LogP contribution in [-0.2, 0) is 14.3 Å². The molecule has 0 aromatic heterocycles. The number of carbonyl (C=O) groups is 2. The fourth-order valence-electron chi connectivity index (χ4n) is 2.03. The number of carboxylic acid groups (broad SMARTS) is 1. The standard InChI is InChI=1S/C10H14O5S/c11-8(12)4-2-1-3-7-9-6(5-16-7)14-10(13)15-9/h6-7,9H,1-5H2,(H,11,12)/t6-,7-,9-/m0/s1. The molecule has 2 heterocycles. The Bertz CT molecular complexity index is 293. The number of aliphatic carboxylic acids is 1. The highest BCUT2D eigenvalue weighted by Crippen LogP contribution is 2.38. The van der Waals surface area contributed by atoms with Crippen molar-refractivity contribution >= 4 is 23.9 Å². The smallest absolute Gasteiger partial charge is 0.481 e. The van der Waals surface area contributed by atoms with Crippen LogP contribution in [0.25, 0.3) is 0 Å². The van der Waals surface area contributed by atoms with E-state index in [9.17, 15) is 9.59 Å². The zero-order valence-electron chi connectivity index (χ0n) is 8.76. The molecule has 3 atom stereocenters. The molecule has 2 aliphatic rings. The Hall–Kier alpha value is -0.910. The van der Waals surface area contributed by atoms with Crippen molar-refractivity contribution in [1.29, 1.82) is 0 Å². The molecule has 0 aliphatic carbocycles. The molecule has 0 spiro atoms. The summed E-state index contributed by atoms with van der Waals surface area (Å²) in [6.45, 7) is 0. The molecule has 0 unspecified atom stereocenters. The monoisotopic (exact) mass is 246 g/mol. The third-order valence-corrected chi connectivity index (χ3v) is 4.27. The van der Waals surface area contributed by atoms with Crippen LogP contribution in [0.15, 0.2) is 0 Å². The average Bonchev–Trinajstić information content (AvgIpc) is 2.72. The summed E-state index contributed by atoms with van der Waals surface area (Å²) >= 11 is 1.75. The number of fused-ring (bicyclic) bond motifs is 1. The zero-order chi connectivity index (χ0) is 11.5. The third-order valence-electron chi connectivity index (χ3n) is 2.82. The number of thioether (sulfide) groups is 1. The minimum absolute atomic E-state index is 0.0954. The van der Waals surface area contributed by atoms with Gasteiger partial charge in [0.15, 0.2) is 12.2 Å². The fourth-order valence-corrected chi connectivity index (χ4v) is 3.48. The zero-order valence-corrected chi connectivity index (χ0v) is 9.57. The number of ether oxygens (including phenoxy) is 2. The highest BCUT2D eigenvalue weighted by molar-refractivity contribution is 8.00. The van der Waals surface area contributed by atoms with Crippen molar-refractivity contribution in [3.8, 4) is 0 Å². The van der Waals surface area contributed by atoms with Crippen molar-refractivity contribution in [2.45, 2.75) is 43.1 Å². The maximum absolute atomic E-state index is 10.9. The van der Waals surface area contributed by atoms with Gasteiger partial charge in [0.2, 0.25) is 0 Å². The minimum atomic E-state index is -0.757. The van der Waals surface area contributed by atoms with Gasteiger partial charge >= 0.3 is 12.1 Å². The minimum Gasteiger partial charge on any atom is -0.481 e. The maximum atomic E-state index is 10.9. The molecule has 2 fully saturated rings. The summed E-state index contributed by atoms with van der Waals surface area (Å²) in [5.74, 6) is 0.0348. The van der Waals surface area contributed by atoms with Gasteiger partial charge in [-0.15, -0.1) is 0 Å². The Labute approximate surface area is 97.5 Å². The number of carbonyl (C=O) groups excluding carboxylic acids is 1. The van der Waals surface area contributed by atoms with Gasteiger partial charge in [-0.25, -0.2) is 4.79 Å². The molecule has 2 saturated heterocycles. The van der Waals surface area contributed by atoms with Crippen LogP contribution in [0, 0.1) is 0 Å². The van der Waals surface area contributed by atoms with Crippen molar-refractivity contribution in [2.75, 3.05) is 5.75 Å². The highest BCUT2D eigenvalue weighted by Gasteiger charge is 2.46. The van der Waals surface area contributed by atoms with E-state index in [1.54, 1.807) is 11.8 Å². The molecule has 16 heavy (non-hydrogen) atoms. The second-order valence-electron chi connectivity index (χ2n) is 4.00. The lowest BCUT2D eigenvalue weighted by Crippen LogP contribution is -2.26. The van der Waals surface area contributed by atoms with Gasteiger partial charge < -0.3 is 14.6 Å². The summed E-state index contributed by atoms with van der Waals surface area (Å²) < 4.78 is 10.1. The summed E-state index contributed by atoms with van der Waals surface area (Å²) in [6, 6.07) is 0. The van der Waals surface area contributed by atoms with Gasteiger partial charge in [-0.1, -0.05) is 6.42 Å². The van der Waals surface area contributed by atoms with Crippen LogP contribution >= 0.6 is 11.8 Å². The van der Waals surface area contributed by atoms with Crippen LogP contribution in [-0.4, -0.2) is 40.4 Å². The topological polar surface area (TPSA) is 72.8 Å². The molecule has 90 valence electrons. The summed E-state index contributed by atoms with van der Waals surface area (Å²) in [4.78, 5) is 21.2. The highest BCUT2D eigenvalue weighted by atomic mass is 32.2. The lowest BCUT2D eigenvalue weighted by Gasteiger charge is -2.13. The Morgan fingerprint density at radius 2 is 2.25 bits per heavy atom. The van der Waals surface area contributed by atoms with Crippen LogP contribution in [0.2, 0.25) is 0 Å². The molecule has 0 amide bonds. The first-order chi connectivity index (χ1) is 7.66. The lowest BCUT2D eigenvalue weighted by molar-refractivity contribution is -0.137. The Balaban J connectivity index is 1.70. The first kappa shape index (κ1) is 11.6. The van der Waals surface area contributed by atoms with Crippen molar-refractivity contribution in [3.05, 3.63) is 0 Å². The van der Waals surface area contributed by atoms with E-state index in [1.807, 2.05) is 0 Å². The quantitative estimate of drug-likeness (QED) is 0.587. The Morgan fingerprint density at radius 3 is 3.00 bits per heavy atom. The van der Waals surface area contributed by atoms with E-state index in [4.69, 9.17) is 14.6 Å². The third kappa shape index (κ3) is 2.61. The first-order valence-electron chi connectivity index (χ1n) is 5.37. The van der Waals surface area contributed by atoms with Crippen LogP contribution < -0.4 is 0 Å². The van der Waals surface area contributed by atoms with Crippen LogP contribution in [0.1, 0.15) is 25.7 Å². The molecule has 2 aliphatic heterocycles. The molecule has 5 nitrogen and oxygen atoms in total. The predicted octanol–water partition coefficient (Wildman–Crippen LogP) is 1.65. The normalized spacial score (nSPS) is 32.0. The van der Waals surface area contributed by atoms with Crippen LogP contribution in [0.3, 0.4) is 0 Å². The predicted molar refractivity (Wildman–Crippen MR) is 57.5 cm³/mol. The number of hydrogen-bond donors (Lipinski definition) is 1.